The van der Waals surface area contributed by atoms with Gasteiger partial charge in [-0.2, -0.15) is 4.98 Å². The minimum absolute atomic E-state index is 0.109. The Bertz CT molecular complexity index is 662. The smallest absolute Gasteiger partial charge is 0.222 e. The monoisotopic (exact) mass is 352 g/mol. The number of aromatic nitrogens is 2. The van der Waals surface area contributed by atoms with E-state index in [0.717, 1.165) is 10.0 Å². The summed E-state index contributed by atoms with van der Waals surface area (Å²) in [5, 5.41) is 0. The van der Waals surface area contributed by atoms with Crippen molar-refractivity contribution in [2.24, 2.45) is 0 Å². The number of hydrogen-bond donors (Lipinski definition) is 2. The summed E-state index contributed by atoms with van der Waals surface area (Å²) in [6.45, 7) is 4.15. The minimum atomic E-state index is 0.109. The van der Waals surface area contributed by atoms with Gasteiger partial charge in [0.25, 0.3) is 0 Å². The Morgan fingerprint density at radius 3 is 2.43 bits per heavy atom. The third kappa shape index (κ3) is 3.36. The van der Waals surface area contributed by atoms with Gasteiger partial charge >= 0.3 is 0 Å². The number of hydrogen-bond acceptors (Lipinski definition) is 6. The summed E-state index contributed by atoms with van der Waals surface area (Å²) in [4.78, 5) is 7.78. The van der Waals surface area contributed by atoms with Crippen LogP contribution in [0.3, 0.4) is 0 Å². The Hall–Kier alpha value is -2.02. The van der Waals surface area contributed by atoms with Gasteiger partial charge in [0.05, 0.1) is 17.8 Å². The fourth-order valence-electron chi connectivity index (χ4n) is 1.84. The van der Waals surface area contributed by atoms with Crippen LogP contribution in [0.4, 0.5) is 11.8 Å². The molecular weight excluding hydrogens is 336 g/mol. The molecule has 0 spiro atoms. The number of nitrogen functional groups attached to an aromatic ring is 2. The van der Waals surface area contributed by atoms with E-state index in [-0.39, 0.29) is 17.7 Å². The molecule has 1 aromatic carbocycles. The average Bonchev–Trinajstić information content (AvgIpc) is 2.42. The molecule has 7 heteroatoms. The van der Waals surface area contributed by atoms with E-state index in [9.17, 15) is 0 Å². The van der Waals surface area contributed by atoms with E-state index >= 15 is 0 Å². The summed E-state index contributed by atoms with van der Waals surface area (Å²) in [5.74, 6) is 2.24. The predicted molar refractivity (Wildman–Crippen MR) is 85.7 cm³/mol. The zero-order chi connectivity index (χ0) is 15.6. The molecule has 4 N–H and O–H groups in total. The molecule has 1 heterocycles. The highest BCUT2D eigenvalue weighted by Crippen LogP contribution is 2.39. The number of nitrogens with two attached hydrogens (primary N) is 2. The van der Waals surface area contributed by atoms with Gasteiger partial charge in [-0.05, 0) is 33.5 Å². The maximum atomic E-state index is 5.85. The molecule has 0 saturated heterocycles. The third-order valence-corrected chi connectivity index (χ3v) is 3.55. The van der Waals surface area contributed by atoms with Gasteiger partial charge in [-0.1, -0.05) is 13.8 Å². The van der Waals surface area contributed by atoms with Crippen LogP contribution in [0.5, 0.6) is 17.2 Å². The number of rotatable bonds is 4. The molecule has 0 aliphatic carbocycles. The van der Waals surface area contributed by atoms with Crippen molar-refractivity contribution >= 4 is 27.7 Å². The first kappa shape index (κ1) is 15.4. The number of benzene rings is 1. The summed E-state index contributed by atoms with van der Waals surface area (Å²) in [6, 6.07) is 3.77. The molecule has 112 valence electrons. The topological polar surface area (TPSA) is 96.3 Å². The van der Waals surface area contributed by atoms with Gasteiger partial charge in [-0.25, -0.2) is 4.98 Å². The number of halogens is 1. The molecule has 0 fully saturated rings. The van der Waals surface area contributed by atoms with Crippen LogP contribution < -0.4 is 20.9 Å². The molecule has 0 atom stereocenters. The Balaban J connectivity index is 2.46. The van der Waals surface area contributed by atoms with Crippen molar-refractivity contribution in [3.63, 3.8) is 0 Å². The van der Waals surface area contributed by atoms with Crippen molar-refractivity contribution in [2.75, 3.05) is 18.6 Å². The van der Waals surface area contributed by atoms with Crippen molar-refractivity contribution in [1.29, 1.82) is 0 Å². The molecule has 0 aliphatic heterocycles. The molecule has 6 nitrogen and oxygen atoms in total. The fraction of sp³-hybridized carbons (Fsp3) is 0.286. The summed E-state index contributed by atoms with van der Waals surface area (Å²) in [5.41, 5.74) is 12.3. The zero-order valence-electron chi connectivity index (χ0n) is 12.1. The lowest BCUT2D eigenvalue weighted by atomic mass is 10.0. The van der Waals surface area contributed by atoms with E-state index in [1.807, 2.05) is 6.07 Å². The predicted octanol–water partition coefficient (Wildman–Crippen LogP) is 3.33. The second-order valence-electron chi connectivity index (χ2n) is 4.76. The van der Waals surface area contributed by atoms with E-state index in [1.165, 1.54) is 6.20 Å². The lowest BCUT2D eigenvalue weighted by molar-refractivity contribution is 0.405. The van der Waals surface area contributed by atoms with Gasteiger partial charge in [0, 0.05) is 6.07 Å². The Morgan fingerprint density at radius 1 is 1.14 bits per heavy atom. The Morgan fingerprint density at radius 2 is 1.86 bits per heavy atom. The van der Waals surface area contributed by atoms with Crippen molar-refractivity contribution in [2.45, 2.75) is 19.8 Å². The molecule has 0 radical (unpaired) electrons. The summed E-state index contributed by atoms with van der Waals surface area (Å²) >= 11 is 3.47. The van der Waals surface area contributed by atoms with Crippen LogP contribution in [0.25, 0.3) is 0 Å². The van der Waals surface area contributed by atoms with Crippen molar-refractivity contribution in [1.82, 2.24) is 9.97 Å². The summed E-state index contributed by atoms with van der Waals surface area (Å²) < 4.78 is 12.0. The summed E-state index contributed by atoms with van der Waals surface area (Å²) in [6.07, 6.45) is 1.45. The molecule has 0 bridgehead atoms. The van der Waals surface area contributed by atoms with Gasteiger partial charge in [-0.3, -0.25) is 0 Å². The van der Waals surface area contributed by atoms with Crippen LogP contribution in [-0.4, -0.2) is 17.1 Å². The molecular formula is C14H17BrN4O2. The number of nitrogens with zero attached hydrogens (tertiary/aromatic N) is 2. The van der Waals surface area contributed by atoms with E-state index in [0.29, 0.717) is 17.2 Å². The Kier molecular flexibility index (Phi) is 4.52. The molecule has 2 rings (SSSR count). The molecule has 2 aromatic rings. The number of methoxy groups -OCH3 is 1. The van der Waals surface area contributed by atoms with E-state index in [1.54, 1.807) is 13.2 Å². The van der Waals surface area contributed by atoms with Crippen LogP contribution in [0, 0.1) is 0 Å². The van der Waals surface area contributed by atoms with Gasteiger partial charge in [0.1, 0.15) is 11.5 Å². The van der Waals surface area contributed by atoms with Gasteiger partial charge in [0.15, 0.2) is 11.6 Å². The minimum Gasteiger partial charge on any atom is -0.495 e. The third-order valence-electron chi connectivity index (χ3n) is 2.93. The maximum absolute atomic E-state index is 5.85. The maximum Gasteiger partial charge on any atom is 0.222 e. The quantitative estimate of drug-likeness (QED) is 0.875. The molecule has 21 heavy (non-hydrogen) atoms. The highest BCUT2D eigenvalue weighted by Gasteiger charge is 2.15. The molecule has 0 amide bonds. The van der Waals surface area contributed by atoms with Crippen molar-refractivity contribution in [3.8, 4) is 17.2 Å². The largest absolute Gasteiger partial charge is 0.495 e. The lowest BCUT2D eigenvalue weighted by Crippen LogP contribution is -2.03. The Labute approximate surface area is 131 Å². The average molecular weight is 353 g/mol. The normalized spacial score (nSPS) is 10.7. The lowest BCUT2D eigenvalue weighted by Gasteiger charge is -2.16. The first-order chi connectivity index (χ1) is 9.92. The standard InChI is InChI=1S/C14H17BrN4O2/c1-7(2)8-4-9(15)11(20-3)5-10(8)21-12-6-18-14(17)19-13(12)16/h4-7H,1-3H3,(H4,16,17,18,19). The van der Waals surface area contributed by atoms with E-state index < -0.39 is 0 Å². The molecule has 1 aromatic heterocycles. The van der Waals surface area contributed by atoms with Crippen molar-refractivity contribution < 1.29 is 9.47 Å². The first-order valence-electron chi connectivity index (χ1n) is 6.35. The van der Waals surface area contributed by atoms with Gasteiger partial charge < -0.3 is 20.9 Å². The second kappa shape index (κ2) is 6.17. The number of anilines is 2. The van der Waals surface area contributed by atoms with Crippen molar-refractivity contribution in [3.05, 3.63) is 28.4 Å². The highest BCUT2D eigenvalue weighted by molar-refractivity contribution is 9.10. The zero-order valence-corrected chi connectivity index (χ0v) is 13.6. The van der Waals surface area contributed by atoms with Crippen LogP contribution >= 0.6 is 15.9 Å². The molecule has 0 saturated carbocycles. The van der Waals surface area contributed by atoms with Crippen LogP contribution in [-0.2, 0) is 0 Å². The first-order valence-corrected chi connectivity index (χ1v) is 7.15. The van der Waals surface area contributed by atoms with Crippen LogP contribution in [0.2, 0.25) is 0 Å². The van der Waals surface area contributed by atoms with E-state index in [2.05, 4.69) is 39.7 Å². The van der Waals surface area contributed by atoms with Crippen LogP contribution in [0.1, 0.15) is 25.3 Å². The number of ether oxygens (including phenoxy) is 2. The molecule has 0 unspecified atom stereocenters. The second-order valence-corrected chi connectivity index (χ2v) is 5.61. The molecule has 0 aliphatic rings. The van der Waals surface area contributed by atoms with Crippen LogP contribution in [0.15, 0.2) is 22.8 Å². The summed E-state index contributed by atoms with van der Waals surface area (Å²) in [7, 11) is 1.60. The SMILES string of the molecule is COc1cc(Oc2cnc(N)nc2N)c(C(C)C)cc1Br. The fourth-order valence-corrected chi connectivity index (χ4v) is 2.36. The highest BCUT2D eigenvalue weighted by atomic mass is 79.9. The van der Waals surface area contributed by atoms with E-state index in [4.69, 9.17) is 20.9 Å². The van der Waals surface area contributed by atoms with Gasteiger partial charge in [-0.15, -0.1) is 0 Å². The van der Waals surface area contributed by atoms with Gasteiger partial charge in [0.2, 0.25) is 5.95 Å².